The van der Waals surface area contributed by atoms with Crippen molar-refractivity contribution >= 4 is 0 Å². The Morgan fingerprint density at radius 2 is 0.851 bits per heavy atom. The monoisotopic (exact) mass is 602 g/mol. The van der Waals surface area contributed by atoms with Gasteiger partial charge < -0.3 is 0 Å². The van der Waals surface area contributed by atoms with Crippen molar-refractivity contribution in [2.24, 2.45) is 0 Å². The number of rotatable bonds is 7. The van der Waals surface area contributed by atoms with E-state index in [1.807, 2.05) is 0 Å². The van der Waals surface area contributed by atoms with E-state index in [9.17, 15) is 0 Å². The van der Waals surface area contributed by atoms with Crippen LogP contribution in [0.3, 0.4) is 0 Å². The Labute approximate surface area is 279 Å². The van der Waals surface area contributed by atoms with Gasteiger partial charge in [0.2, 0.25) is 0 Å². The summed E-state index contributed by atoms with van der Waals surface area (Å²) in [5, 5.41) is 0. The molecule has 0 aromatic heterocycles. The number of hydrogen-bond donors (Lipinski definition) is 0. The molecule has 0 N–H and O–H groups in total. The Morgan fingerprint density at radius 3 is 1.45 bits per heavy atom. The van der Waals surface area contributed by atoms with Crippen molar-refractivity contribution in [1.29, 1.82) is 0 Å². The Bertz CT molecular complexity index is 2140. The smallest absolute Gasteiger partial charge is 0.0651 e. The summed E-state index contributed by atoms with van der Waals surface area (Å²) in [7, 11) is 0. The van der Waals surface area contributed by atoms with E-state index in [-0.39, 0.29) is 0 Å². The van der Waals surface area contributed by atoms with Gasteiger partial charge in [-0.15, -0.1) is 0 Å². The fourth-order valence-corrected chi connectivity index (χ4v) is 7.97. The predicted molar refractivity (Wildman–Crippen MR) is 199 cm³/mol. The van der Waals surface area contributed by atoms with Crippen LogP contribution in [0.4, 0.5) is 0 Å². The third kappa shape index (κ3) is 4.75. The van der Waals surface area contributed by atoms with Gasteiger partial charge in [0.15, 0.2) is 0 Å². The molecular weight excluding hydrogens is 565 g/mol. The Morgan fingerprint density at radius 1 is 0.383 bits per heavy atom. The first kappa shape index (κ1) is 29.0. The standard InChI is InChI=1S/C47H38/c1-3-14-41-40(21-13-22-42(41)39-18-8-7-15-33(39)2)36-27-31-38(32-28-36)47(37-29-25-35(26-30-37)34-16-5-4-6-17-34)45-23-11-9-19-43(45)44-20-10-12-24-46(44)47/h4-13,15-32H,3,14H2,1-2H3. The minimum Gasteiger partial charge on any atom is -0.0651 e. The molecule has 226 valence electrons. The van der Waals surface area contributed by atoms with Crippen molar-refractivity contribution in [1.82, 2.24) is 0 Å². The van der Waals surface area contributed by atoms with Crippen molar-refractivity contribution in [2.45, 2.75) is 32.1 Å². The van der Waals surface area contributed by atoms with Gasteiger partial charge >= 0.3 is 0 Å². The SMILES string of the molecule is CCCc1c(-c2ccc(C3(c4ccc(-c5ccccc5)cc4)c4ccccc4-c4ccccc43)cc2)cccc1-c1ccccc1C. The Hall–Kier alpha value is -5.46. The first-order valence-corrected chi connectivity index (χ1v) is 16.8. The van der Waals surface area contributed by atoms with Gasteiger partial charge in [0.1, 0.15) is 0 Å². The molecule has 0 fully saturated rings. The van der Waals surface area contributed by atoms with Crippen molar-refractivity contribution in [2.75, 3.05) is 0 Å². The zero-order chi connectivity index (χ0) is 31.8. The zero-order valence-corrected chi connectivity index (χ0v) is 27.1. The minimum atomic E-state index is -0.420. The van der Waals surface area contributed by atoms with Crippen LogP contribution in [0.1, 0.15) is 46.7 Å². The normalized spacial score (nSPS) is 12.8. The van der Waals surface area contributed by atoms with Crippen molar-refractivity contribution in [3.05, 3.63) is 203 Å². The van der Waals surface area contributed by atoms with Gasteiger partial charge in [-0.25, -0.2) is 0 Å². The van der Waals surface area contributed by atoms with Gasteiger partial charge in [0.25, 0.3) is 0 Å². The zero-order valence-electron chi connectivity index (χ0n) is 27.1. The summed E-state index contributed by atoms with van der Waals surface area (Å²) in [5.74, 6) is 0. The Kier molecular flexibility index (Phi) is 7.43. The van der Waals surface area contributed by atoms with Crippen LogP contribution >= 0.6 is 0 Å². The fraction of sp³-hybridized carbons (Fsp3) is 0.106. The molecule has 1 aliphatic carbocycles. The third-order valence-corrected chi connectivity index (χ3v) is 10.1. The van der Waals surface area contributed by atoms with Gasteiger partial charge in [-0.2, -0.15) is 0 Å². The highest BCUT2D eigenvalue weighted by Crippen LogP contribution is 2.56. The molecule has 0 heteroatoms. The van der Waals surface area contributed by atoms with E-state index >= 15 is 0 Å². The number of benzene rings is 7. The van der Waals surface area contributed by atoms with E-state index in [0.29, 0.717) is 0 Å². The summed E-state index contributed by atoms with van der Waals surface area (Å²) in [6, 6.07) is 63.0. The molecule has 0 atom stereocenters. The second kappa shape index (κ2) is 12.0. The highest BCUT2D eigenvalue weighted by Gasteiger charge is 2.45. The van der Waals surface area contributed by atoms with Crippen molar-refractivity contribution < 1.29 is 0 Å². The van der Waals surface area contributed by atoms with Crippen LogP contribution in [0.25, 0.3) is 44.5 Å². The lowest BCUT2D eigenvalue weighted by atomic mass is 9.67. The molecule has 1 aliphatic rings. The van der Waals surface area contributed by atoms with E-state index in [1.165, 1.54) is 77.9 Å². The van der Waals surface area contributed by atoms with Gasteiger partial charge in [-0.1, -0.05) is 183 Å². The lowest BCUT2D eigenvalue weighted by molar-refractivity contribution is 0.769. The average molecular weight is 603 g/mol. The molecule has 0 heterocycles. The quantitative estimate of drug-likeness (QED) is 0.170. The fourth-order valence-electron chi connectivity index (χ4n) is 7.97. The van der Waals surface area contributed by atoms with Crippen LogP contribution in [-0.2, 0) is 11.8 Å². The average Bonchev–Trinajstić information content (AvgIpc) is 3.44. The van der Waals surface area contributed by atoms with Crippen LogP contribution < -0.4 is 0 Å². The topological polar surface area (TPSA) is 0 Å². The minimum absolute atomic E-state index is 0.420. The molecule has 0 unspecified atom stereocenters. The van der Waals surface area contributed by atoms with Crippen LogP contribution in [0.5, 0.6) is 0 Å². The van der Waals surface area contributed by atoms with Gasteiger partial charge in [-0.05, 0) is 91.2 Å². The first-order valence-electron chi connectivity index (χ1n) is 16.8. The summed E-state index contributed by atoms with van der Waals surface area (Å²) in [4.78, 5) is 0. The molecule has 0 nitrogen and oxygen atoms in total. The molecule has 47 heavy (non-hydrogen) atoms. The molecule has 7 aromatic rings. The van der Waals surface area contributed by atoms with Crippen LogP contribution in [0.15, 0.2) is 170 Å². The maximum absolute atomic E-state index is 2.38. The second-order valence-corrected chi connectivity index (χ2v) is 12.8. The predicted octanol–water partition coefficient (Wildman–Crippen LogP) is 12.3. The van der Waals surface area contributed by atoms with Gasteiger partial charge in [-0.3, -0.25) is 0 Å². The molecule has 8 rings (SSSR count). The molecule has 0 saturated carbocycles. The summed E-state index contributed by atoms with van der Waals surface area (Å²) in [6.07, 6.45) is 2.14. The van der Waals surface area contributed by atoms with Crippen LogP contribution in [0.2, 0.25) is 0 Å². The van der Waals surface area contributed by atoms with Crippen molar-refractivity contribution in [3.8, 4) is 44.5 Å². The van der Waals surface area contributed by atoms with E-state index < -0.39 is 5.41 Å². The molecule has 0 spiro atoms. The highest BCUT2D eigenvalue weighted by molar-refractivity contribution is 5.87. The number of aryl methyl sites for hydroxylation is 1. The largest absolute Gasteiger partial charge is 0.0713 e. The molecule has 0 aliphatic heterocycles. The lowest BCUT2D eigenvalue weighted by Crippen LogP contribution is -2.28. The van der Waals surface area contributed by atoms with Crippen LogP contribution in [0, 0.1) is 6.92 Å². The lowest BCUT2D eigenvalue weighted by Gasteiger charge is -2.34. The third-order valence-electron chi connectivity index (χ3n) is 10.1. The van der Waals surface area contributed by atoms with Gasteiger partial charge in [0, 0.05) is 0 Å². The van der Waals surface area contributed by atoms with E-state index in [2.05, 4.69) is 184 Å². The highest BCUT2D eigenvalue weighted by atomic mass is 14.5. The van der Waals surface area contributed by atoms with Crippen molar-refractivity contribution in [3.63, 3.8) is 0 Å². The van der Waals surface area contributed by atoms with Gasteiger partial charge in [0.05, 0.1) is 5.41 Å². The Balaban J connectivity index is 1.31. The van der Waals surface area contributed by atoms with E-state index in [0.717, 1.165) is 12.8 Å². The summed E-state index contributed by atoms with van der Waals surface area (Å²) in [6.45, 7) is 4.50. The molecule has 0 saturated heterocycles. The number of fused-ring (bicyclic) bond motifs is 3. The summed E-state index contributed by atoms with van der Waals surface area (Å²) >= 11 is 0. The molecule has 7 aromatic carbocycles. The molecule has 0 radical (unpaired) electrons. The maximum atomic E-state index is 2.38. The molecule has 0 bridgehead atoms. The first-order chi connectivity index (χ1) is 23.2. The summed E-state index contributed by atoms with van der Waals surface area (Å²) < 4.78 is 0. The van der Waals surface area contributed by atoms with E-state index in [1.54, 1.807) is 0 Å². The number of hydrogen-bond acceptors (Lipinski definition) is 0. The maximum Gasteiger partial charge on any atom is 0.0713 e. The molecular formula is C47H38. The van der Waals surface area contributed by atoms with E-state index in [4.69, 9.17) is 0 Å². The molecule has 0 amide bonds. The van der Waals surface area contributed by atoms with Crippen LogP contribution in [-0.4, -0.2) is 0 Å². The summed E-state index contributed by atoms with van der Waals surface area (Å²) in [5.41, 5.74) is 18.0. The second-order valence-electron chi connectivity index (χ2n) is 12.8.